The van der Waals surface area contributed by atoms with Crippen molar-refractivity contribution in [2.75, 3.05) is 6.54 Å². The average molecular weight is 223 g/mol. The Morgan fingerprint density at radius 1 is 0.824 bits per heavy atom. The van der Waals surface area contributed by atoms with Gasteiger partial charge in [0.15, 0.2) is 0 Å². The fourth-order valence-electron chi connectivity index (χ4n) is 1.73. The third kappa shape index (κ3) is 3.30. The van der Waals surface area contributed by atoms with E-state index in [1.807, 2.05) is 6.07 Å². The molecular formula is C16H17N. The first-order valence-electron chi connectivity index (χ1n) is 5.92. The van der Waals surface area contributed by atoms with Gasteiger partial charge in [0.2, 0.25) is 0 Å². The van der Waals surface area contributed by atoms with Crippen molar-refractivity contribution in [1.82, 2.24) is 0 Å². The van der Waals surface area contributed by atoms with Crippen molar-refractivity contribution in [3.8, 4) is 11.1 Å². The second kappa shape index (κ2) is 6.02. The molecule has 1 nitrogen and oxygen atoms in total. The lowest BCUT2D eigenvalue weighted by atomic mass is 10.0. The van der Waals surface area contributed by atoms with Crippen LogP contribution in [0.25, 0.3) is 17.2 Å². The third-order valence-corrected chi connectivity index (χ3v) is 2.66. The fourth-order valence-corrected chi connectivity index (χ4v) is 1.73. The van der Waals surface area contributed by atoms with E-state index < -0.39 is 0 Å². The van der Waals surface area contributed by atoms with Gasteiger partial charge < -0.3 is 5.73 Å². The minimum atomic E-state index is 0.707. The minimum absolute atomic E-state index is 0.707. The maximum atomic E-state index is 5.44. The summed E-state index contributed by atoms with van der Waals surface area (Å²) in [5.41, 5.74) is 9.17. The second-order valence-electron chi connectivity index (χ2n) is 3.97. The highest BCUT2D eigenvalue weighted by Gasteiger charge is 1.95. The quantitative estimate of drug-likeness (QED) is 0.840. The van der Waals surface area contributed by atoms with Crippen molar-refractivity contribution in [3.05, 3.63) is 66.2 Å². The van der Waals surface area contributed by atoms with Gasteiger partial charge in [-0.15, -0.1) is 0 Å². The van der Waals surface area contributed by atoms with Crippen LogP contribution in [0.1, 0.15) is 12.0 Å². The third-order valence-electron chi connectivity index (χ3n) is 2.66. The molecule has 0 atom stereocenters. The van der Waals surface area contributed by atoms with Crippen molar-refractivity contribution in [2.24, 2.45) is 5.73 Å². The van der Waals surface area contributed by atoms with E-state index >= 15 is 0 Å². The van der Waals surface area contributed by atoms with Crippen molar-refractivity contribution < 1.29 is 0 Å². The van der Waals surface area contributed by atoms with E-state index in [2.05, 4.69) is 60.7 Å². The van der Waals surface area contributed by atoms with Gasteiger partial charge in [-0.1, -0.05) is 66.7 Å². The largest absolute Gasteiger partial charge is 0.330 e. The van der Waals surface area contributed by atoms with Gasteiger partial charge in [0.05, 0.1) is 0 Å². The molecule has 0 saturated heterocycles. The standard InChI is InChI=1S/C16H17N/c17-13-5-4-6-14-9-11-16(12-10-14)15-7-2-1-3-8-15/h1-4,6-12H,5,13,17H2. The van der Waals surface area contributed by atoms with Crippen molar-refractivity contribution >= 4 is 6.08 Å². The first-order valence-corrected chi connectivity index (χ1v) is 5.92. The molecule has 2 N–H and O–H groups in total. The molecule has 1 heteroatoms. The van der Waals surface area contributed by atoms with Gasteiger partial charge in [-0.2, -0.15) is 0 Å². The Labute approximate surface area is 103 Å². The van der Waals surface area contributed by atoms with E-state index in [-0.39, 0.29) is 0 Å². The maximum absolute atomic E-state index is 5.44. The molecule has 0 aliphatic heterocycles. The Morgan fingerprint density at radius 3 is 2.12 bits per heavy atom. The van der Waals surface area contributed by atoms with Crippen LogP contribution in [0, 0.1) is 0 Å². The van der Waals surface area contributed by atoms with Crippen LogP contribution in [0.5, 0.6) is 0 Å². The zero-order valence-electron chi connectivity index (χ0n) is 9.84. The van der Waals surface area contributed by atoms with E-state index in [4.69, 9.17) is 5.73 Å². The van der Waals surface area contributed by atoms with E-state index in [1.54, 1.807) is 0 Å². The Morgan fingerprint density at radius 2 is 1.47 bits per heavy atom. The molecule has 2 rings (SSSR count). The topological polar surface area (TPSA) is 26.0 Å². The molecule has 0 aliphatic rings. The number of rotatable bonds is 4. The van der Waals surface area contributed by atoms with Crippen LogP contribution in [-0.4, -0.2) is 6.54 Å². The van der Waals surface area contributed by atoms with Crippen molar-refractivity contribution in [2.45, 2.75) is 6.42 Å². The molecule has 0 amide bonds. The highest BCUT2D eigenvalue weighted by atomic mass is 14.5. The molecule has 0 aromatic heterocycles. The molecule has 2 aromatic rings. The van der Waals surface area contributed by atoms with Crippen LogP contribution in [0.4, 0.5) is 0 Å². The van der Waals surface area contributed by atoms with Crippen LogP contribution in [0.2, 0.25) is 0 Å². The highest BCUT2D eigenvalue weighted by molar-refractivity contribution is 5.65. The molecule has 0 bridgehead atoms. The zero-order valence-corrected chi connectivity index (χ0v) is 9.84. The smallest absolute Gasteiger partial charge is 0.00425 e. The van der Waals surface area contributed by atoms with Gasteiger partial charge in [-0.25, -0.2) is 0 Å². The molecule has 0 fully saturated rings. The summed E-state index contributed by atoms with van der Waals surface area (Å²) in [6.07, 6.45) is 5.15. The maximum Gasteiger partial charge on any atom is -0.00425 e. The molecule has 17 heavy (non-hydrogen) atoms. The van der Waals surface area contributed by atoms with Gasteiger partial charge in [0.25, 0.3) is 0 Å². The summed E-state index contributed by atoms with van der Waals surface area (Å²) in [4.78, 5) is 0. The van der Waals surface area contributed by atoms with Gasteiger partial charge in [0, 0.05) is 0 Å². The monoisotopic (exact) mass is 223 g/mol. The lowest BCUT2D eigenvalue weighted by Gasteiger charge is -2.01. The SMILES string of the molecule is NCCC=Cc1ccc(-c2ccccc2)cc1. The Kier molecular flexibility index (Phi) is 4.11. The number of benzene rings is 2. The summed E-state index contributed by atoms with van der Waals surface area (Å²) in [6.45, 7) is 0.707. The number of hydrogen-bond acceptors (Lipinski definition) is 1. The fraction of sp³-hybridized carbons (Fsp3) is 0.125. The lowest BCUT2D eigenvalue weighted by molar-refractivity contribution is 1.01. The molecule has 86 valence electrons. The average Bonchev–Trinajstić information content (AvgIpc) is 2.41. The predicted molar refractivity (Wildman–Crippen MR) is 74.6 cm³/mol. The van der Waals surface area contributed by atoms with Gasteiger partial charge >= 0.3 is 0 Å². The predicted octanol–water partition coefficient (Wildman–Crippen LogP) is 3.72. The molecule has 0 saturated carbocycles. The molecule has 0 spiro atoms. The Balaban J connectivity index is 2.13. The van der Waals surface area contributed by atoms with Crippen molar-refractivity contribution in [1.29, 1.82) is 0 Å². The summed E-state index contributed by atoms with van der Waals surface area (Å²) in [6, 6.07) is 19.0. The first-order chi connectivity index (χ1) is 8.40. The second-order valence-corrected chi connectivity index (χ2v) is 3.97. The molecule has 0 unspecified atom stereocenters. The van der Waals surface area contributed by atoms with Crippen LogP contribution in [-0.2, 0) is 0 Å². The van der Waals surface area contributed by atoms with Gasteiger partial charge in [0.1, 0.15) is 0 Å². The summed E-state index contributed by atoms with van der Waals surface area (Å²) in [7, 11) is 0. The zero-order chi connectivity index (χ0) is 11.9. The van der Waals surface area contributed by atoms with E-state index in [1.165, 1.54) is 16.7 Å². The molecule has 0 aliphatic carbocycles. The first kappa shape index (κ1) is 11.6. The Hall–Kier alpha value is -1.86. The summed E-state index contributed by atoms with van der Waals surface area (Å²) >= 11 is 0. The highest BCUT2D eigenvalue weighted by Crippen LogP contribution is 2.19. The Bertz CT molecular complexity index is 469. The normalized spacial score (nSPS) is 10.9. The van der Waals surface area contributed by atoms with Crippen molar-refractivity contribution in [3.63, 3.8) is 0 Å². The van der Waals surface area contributed by atoms with Crippen LogP contribution in [0.15, 0.2) is 60.7 Å². The summed E-state index contributed by atoms with van der Waals surface area (Å²) in [5, 5.41) is 0. The molecule has 0 heterocycles. The van der Waals surface area contributed by atoms with Gasteiger partial charge in [-0.3, -0.25) is 0 Å². The summed E-state index contributed by atoms with van der Waals surface area (Å²) in [5.74, 6) is 0. The minimum Gasteiger partial charge on any atom is -0.330 e. The van der Waals surface area contributed by atoms with E-state index in [0.29, 0.717) is 6.54 Å². The number of hydrogen-bond donors (Lipinski definition) is 1. The number of nitrogens with two attached hydrogens (primary N) is 1. The van der Waals surface area contributed by atoms with Crippen LogP contribution >= 0.6 is 0 Å². The lowest BCUT2D eigenvalue weighted by Crippen LogP contribution is -1.94. The molecule has 2 aromatic carbocycles. The van der Waals surface area contributed by atoms with Gasteiger partial charge in [-0.05, 0) is 29.7 Å². The molecular weight excluding hydrogens is 206 g/mol. The van der Waals surface area contributed by atoms with E-state index in [0.717, 1.165) is 6.42 Å². The molecule has 0 radical (unpaired) electrons. The van der Waals surface area contributed by atoms with Crippen LogP contribution < -0.4 is 5.73 Å². The van der Waals surface area contributed by atoms with Crippen LogP contribution in [0.3, 0.4) is 0 Å². The summed E-state index contributed by atoms with van der Waals surface area (Å²) < 4.78 is 0. The van der Waals surface area contributed by atoms with E-state index in [9.17, 15) is 0 Å².